The van der Waals surface area contributed by atoms with Gasteiger partial charge in [0, 0.05) is 12.1 Å². The lowest BCUT2D eigenvalue weighted by Crippen LogP contribution is -2.27. The van der Waals surface area contributed by atoms with Gasteiger partial charge in [-0.15, -0.1) is 0 Å². The third-order valence-electron chi connectivity index (χ3n) is 7.95. The van der Waals surface area contributed by atoms with Crippen LogP contribution in [0, 0.1) is 52.6 Å². The van der Waals surface area contributed by atoms with Crippen LogP contribution in [0.1, 0.15) is 62.0 Å². The highest BCUT2D eigenvalue weighted by molar-refractivity contribution is 5.66. The molecule has 5 rings (SSSR count). The Bertz CT molecular complexity index is 1320. The standard InChI is InChI=1S/C29H23F9O/c30-20-12-19(13-21(31)26(20)18-10-24(34)28(36)25(35)11-18)39-29(37,38)27-22(32)8-17(9-23(27)33)16-6-4-15(5-7-16)14-2-1-3-14/h8-16H,1-7H2. The van der Waals surface area contributed by atoms with Gasteiger partial charge in [0.15, 0.2) is 17.5 Å². The molecule has 0 radical (unpaired) electrons. The van der Waals surface area contributed by atoms with Crippen molar-refractivity contribution in [2.45, 2.75) is 57.0 Å². The molecule has 0 atom stereocenters. The molecule has 2 aliphatic rings. The molecule has 0 unspecified atom stereocenters. The van der Waals surface area contributed by atoms with E-state index in [1.54, 1.807) is 0 Å². The van der Waals surface area contributed by atoms with Crippen LogP contribution in [0.4, 0.5) is 39.5 Å². The Morgan fingerprint density at radius 1 is 0.590 bits per heavy atom. The molecule has 0 N–H and O–H groups in total. The minimum Gasteiger partial charge on any atom is -0.429 e. The maximum absolute atomic E-state index is 14.9. The summed E-state index contributed by atoms with van der Waals surface area (Å²) in [6, 6.07) is 2.84. The van der Waals surface area contributed by atoms with E-state index in [2.05, 4.69) is 4.74 Å². The lowest BCUT2D eigenvalue weighted by Gasteiger charge is -2.38. The van der Waals surface area contributed by atoms with Gasteiger partial charge >= 0.3 is 6.11 Å². The quantitative estimate of drug-likeness (QED) is 0.216. The Morgan fingerprint density at radius 3 is 1.59 bits per heavy atom. The summed E-state index contributed by atoms with van der Waals surface area (Å²) in [5, 5.41) is 0. The first kappa shape index (κ1) is 27.4. The van der Waals surface area contributed by atoms with E-state index in [4.69, 9.17) is 0 Å². The van der Waals surface area contributed by atoms with Crippen LogP contribution in [0.5, 0.6) is 5.75 Å². The highest BCUT2D eigenvalue weighted by Gasteiger charge is 2.42. The molecule has 0 saturated heterocycles. The first-order chi connectivity index (χ1) is 18.4. The van der Waals surface area contributed by atoms with Crippen LogP contribution >= 0.6 is 0 Å². The highest BCUT2D eigenvalue weighted by atomic mass is 19.3. The van der Waals surface area contributed by atoms with Crippen molar-refractivity contribution < 1.29 is 44.3 Å². The predicted octanol–water partition coefficient (Wildman–Crippen LogP) is 9.53. The molecule has 2 aliphatic carbocycles. The van der Waals surface area contributed by atoms with Crippen molar-refractivity contribution in [1.82, 2.24) is 0 Å². The average Bonchev–Trinajstić information content (AvgIpc) is 2.80. The van der Waals surface area contributed by atoms with Gasteiger partial charge in [0.25, 0.3) is 0 Å². The summed E-state index contributed by atoms with van der Waals surface area (Å²) < 4.78 is 133. The van der Waals surface area contributed by atoms with Gasteiger partial charge in [-0.3, -0.25) is 0 Å². The van der Waals surface area contributed by atoms with Crippen LogP contribution in [0.2, 0.25) is 0 Å². The summed E-state index contributed by atoms with van der Waals surface area (Å²) in [4.78, 5) is 0. The van der Waals surface area contributed by atoms with Crippen molar-refractivity contribution in [3.05, 3.63) is 88.2 Å². The van der Waals surface area contributed by atoms with Gasteiger partial charge in [0.2, 0.25) is 0 Å². The number of alkyl halides is 2. The number of rotatable bonds is 6. The largest absolute Gasteiger partial charge is 0.432 e. The zero-order valence-electron chi connectivity index (χ0n) is 20.5. The van der Waals surface area contributed by atoms with Crippen LogP contribution in [-0.4, -0.2) is 0 Å². The number of halogens is 9. The molecule has 0 aliphatic heterocycles. The van der Waals surface area contributed by atoms with E-state index in [-0.39, 0.29) is 23.6 Å². The minimum atomic E-state index is -4.66. The molecule has 0 bridgehead atoms. The smallest absolute Gasteiger partial charge is 0.429 e. The maximum Gasteiger partial charge on any atom is 0.432 e. The molecule has 2 saturated carbocycles. The van der Waals surface area contributed by atoms with Crippen LogP contribution in [0.3, 0.4) is 0 Å². The highest BCUT2D eigenvalue weighted by Crippen LogP contribution is 2.46. The molecule has 10 heteroatoms. The van der Waals surface area contributed by atoms with Gasteiger partial charge in [-0.05, 0) is 78.8 Å². The minimum absolute atomic E-state index is 0.175. The molecule has 0 aromatic heterocycles. The zero-order valence-corrected chi connectivity index (χ0v) is 20.5. The second kappa shape index (κ2) is 10.4. The summed E-state index contributed by atoms with van der Waals surface area (Å²) in [6.45, 7) is 0. The molecule has 2 fully saturated rings. The normalized spacial score (nSPS) is 20.1. The number of hydrogen-bond donors (Lipinski definition) is 0. The van der Waals surface area contributed by atoms with Gasteiger partial charge < -0.3 is 4.74 Å². The molecular weight excluding hydrogens is 535 g/mol. The van der Waals surface area contributed by atoms with Gasteiger partial charge in [-0.25, -0.2) is 30.7 Å². The summed E-state index contributed by atoms with van der Waals surface area (Å²) in [5.41, 5.74) is -3.25. The molecule has 0 heterocycles. The van der Waals surface area contributed by atoms with Gasteiger partial charge in [0.1, 0.15) is 34.6 Å². The van der Waals surface area contributed by atoms with Crippen LogP contribution in [0.25, 0.3) is 11.1 Å². The number of hydrogen-bond acceptors (Lipinski definition) is 1. The Hall–Kier alpha value is -3.17. The third kappa shape index (κ3) is 5.34. The lowest BCUT2D eigenvalue weighted by molar-refractivity contribution is -0.189. The fourth-order valence-corrected chi connectivity index (χ4v) is 5.73. The van der Waals surface area contributed by atoms with Crippen molar-refractivity contribution in [3.63, 3.8) is 0 Å². The summed E-state index contributed by atoms with van der Waals surface area (Å²) in [7, 11) is 0. The van der Waals surface area contributed by atoms with E-state index in [1.165, 1.54) is 19.3 Å². The summed E-state index contributed by atoms with van der Waals surface area (Å²) >= 11 is 0. The number of benzene rings is 3. The topological polar surface area (TPSA) is 9.23 Å². The predicted molar refractivity (Wildman–Crippen MR) is 125 cm³/mol. The van der Waals surface area contributed by atoms with E-state index in [0.717, 1.165) is 25.0 Å². The molecule has 3 aromatic rings. The number of ether oxygens (including phenoxy) is 1. The van der Waals surface area contributed by atoms with Crippen molar-refractivity contribution in [3.8, 4) is 16.9 Å². The molecule has 0 spiro atoms. The lowest BCUT2D eigenvalue weighted by atomic mass is 9.67. The van der Waals surface area contributed by atoms with E-state index in [9.17, 15) is 39.5 Å². The first-order valence-corrected chi connectivity index (χ1v) is 12.6. The third-order valence-corrected chi connectivity index (χ3v) is 7.95. The molecule has 0 amide bonds. The van der Waals surface area contributed by atoms with Gasteiger partial charge in [0.05, 0.1) is 5.56 Å². The SMILES string of the molecule is Fc1cc(-c2c(F)cc(OC(F)(F)c3c(F)cc(C4CCC(C5CCC5)CC4)cc3F)cc2F)cc(F)c1F. The average molecular weight is 558 g/mol. The van der Waals surface area contributed by atoms with Crippen molar-refractivity contribution in [2.24, 2.45) is 11.8 Å². The van der Waals surface area contributed by atoms with Crippen molar-refractivity contribution in [2.75, 3.05) is 0 Å². The van der Waals surface area contributed by atoms with Crippen molar-refractivity contribution in [1.29, 1.82) is 0 Å². The molecule has 208 valence electrons. The monoisotopic (exact) mass is 558 g/mol. The molecular formula is C29H23F9O. The van der Waals surface area contributed by atoms with Gasteiger partial charge in [-0.1, -0.05) is 19.3 Å². The van der Waals surface area contributed by atoms with E-state index in [1.807, 2.05) is 0 Å². The van der Waals surface area contributed by atoms with Crippen LogP contribution < -0.4 is 4.74 Å². The van der Waals surface area contributed by atoms with Crippen LogP contribution in [0.15, 0.2) is 36.4 Å². The van der Waals surface area contributed by atoms with E-state index >= 15 is 0 Å². The Balaban J connectivity index is 1.36. The maximum atomic E-state index is 14.9. The van der Waals surface area contributed by atoms with E-state index < -0.39 is 69.3 Å². The van der Waals surface area contributed by atoms with E-state index in [0.29, 0.717) is 36.8 Å². The fraction of sp³-hybridized carbons (Fsp3) is 0.379. The Kier molecular flexibility index (Phi) is 7.33. The Labute approximate surface area is 218 Å². The van der Waals surface area contributed by atoms with Crippen LogP contribution in [-0.2, 0) is 6.11 Å². The summed E-state index contributed by atoms with van der Waals surface area (Å²) in [6.07, 6.45) is 2.15. The molecule has 1 nitrogen and oxygen atoms in total. The summed E-state index contributed by atoms with van der Waals surface area (Å²) in [5.74, 6) is -11.7. The Morgan fingerprint density at radius 2 is 1.10 bits per heavy atom. The zero-order chi connectivity index (χ0) is 28.1. The van der Waals surface area contributed by atoms with Crippen molar-refractivity contribution >= 4 is 0 Å². The second-order valence-corrected chi connectivity index (χ2v) is 10.3. The first-order valence-electron chi connectivity index (χ1n) is 12.6. The molecule has 3 aromatic carbocycles. The second-order valence-electron chi connectivity index (χ2n) is 10.3. The van der Waals surface area contributed by atoms with Gasteiger partial charge in [-0.2, -0.15) is 8.78 Å². The fourth-order valence-electron chi connectivity index (χ4n) is 5.73. The molecule has 39 heavy (non-hydrogen) atoms.